The number of halogens is 2. The lowest BCUT2D eigenvalue weighted by atomic mass is 10.1. The Labute approximate surface area is 172 Å². The normalized spacial score (nSPS) is 16.3. The molecule has 3 aromatic rings. The van der Waals surface area contributed by atoms with E-state index in [4.69, 9.17) is 9.26 Å². The molecule has 0 saturated carbocycles. The van der Waals surface area contributed by atoms with Gasteiger partial charge in [0.25, 0.3) is 0 Å². The van der Waals surface area contributed by atoms with Crippen molar-refractivity contribution in [3.05, 3.63) is 76.9 Å². The van der Waals surface area contributed by atoms with Gasteiger partial charge in [-0.05, 0) is 30.2 Å². The molecule has 1 aliphatic rings. The smallest absolute Gasteiger partial charge is 0.226 e. The number of amides is 1. The second-order valence-corrected chi connectivity index (χ2v) is 7.31. The molecule has 30 heavy (non-hydrogen) atoms. The van der Waals surface area contributed by atoms with Gasteiger partial charge in [0, 0.05) is 43.5 Å². The van der Waals surface area contributed by atoms with Gasteiger partial charge in [0.2, 0.25) is 11.8 Å². The van der Waals surface area contributed by atoms with Gasteiger partial charge < -0.3 is 14.2 Å². The largest absolute Gasteiger partial charge is 0.497 e. The number of likely N-dealkylation sites (tertiary alicyclic amines) is 1. The second kappa shape index (κ2) is 8.61. The number of ether oxygens (including phenoxy) is 1. The molecule has 2 heterocycles. The highest BCUT2D eigenvalue weighted by Crippen LogP contribution is 2.28. The van der Waals surface area contributed by atoms with Gasteiger partial charge >= 0.3 is 0 Å². The van der Waals surface area contributed by atoms with Crippen molar-refractivity contribution in [1.82, 2.24) is 15.0 Å². The van der Waals surface area contributed by atoms with Crippen molar-refractivity contribution in [1.29, 1.82) is 0 Å². The minimum Gasteiger partial charge on any atom is -0.497 e. The number of carbonyl (C=O) groups is 1. The van der Waals surface area contributed by atoms with Crippen molar-refractivity contribution in [2.24, 2.45) is 0 Å². The van der Waals surface area contributed by atoms with E-state index in [1.165, 1.54) is 17.0 Å². The van der Waals surface area contributed by atoms with Crippen LogP contribution in [0.2, 0.25) is 0 Å². The quantitative estimate of drug-likeness (QED) is 0.591. The first kappa shape index (κ1) is 20.0. The number of hydrogen-bond acceptors (Lipinski definition) is 5. The molecule has 8 heteroatoms. The molecular weight excluding hydrogens is 392 g/mol. The molecule has 1 amide bonds. The molecule has 2 aromatic carbocycles. The van der Waals surface area contributed by atoms with Crippen molar-refractivity contribution in [2.75, 3.05) is 13.7 Å². The number of methoxy groups -OCH3 is 1. The summed E-state index contributed by atoms with van der Waals surface area (Å²) in [4.78, 5) is 18.3. The molecule has 156 valence electrons. The molecule has 1 unspecified atom stereocenters. The highest BCUT2D eigenvalue weighted by molar-refractivity contribution is 5.79. The average Bonchev–Trinajstić information content (AvgIpc) is 3.36. The molecule has 6 nitrogen and oxygen atoms in total. The maximum absolute atomic E-state index is 13.9. The number of nitrogens with zero attached hydrogens (tertiary/aromatic N) is 3. The summed E-state index contributed by atoms with van der Waals surface area (Å²) in [5.74, 6) is 0.163. The highest BCUT2D eigenvalue weighted by Gasteiger charge is 2.34. The standard InChI is InChI=1S/C22H21F2N3O3/c1-29-18-7-2-14(3-8-18)4-9-20-25-22(26-30-20)16-10-21(28)27(13-16)12-15-5-6-17(23)11-19(15)24/h2-3,5-8,11,16H,4,9-10,12-13H2,1H3. The second-order valence-electron chi connectivity index (χ2n) is 7.31. The molecule has 1 atom stereocenters. The van der Waals surface area contributed by atoms with Gasteiger partial charge in [0.1, 0.15) is 17.4 Å². The predicted molar refractivity (Wildman–Crippen MR) is 104 cm³/mol. The molecule has 1 aromatic heterocycles. The van der Waals surface area contributed by atoms with Crippen LogP contribution >= 0.6 is 0 Å². The maximum Gasteiger partial charge on any atom is 0.226 e. The first-order chi connectivity index (χ1) is 14.5. The summed E-state index contributed by atoms with van der Waals surface area (Å²) in [7, 11) is 1.63. The minimum atomic E-state index is -0.661. The van der Waals surface area contributed by atoms with Gasteiger partial charge in [-0.3, -0.25) is 4.79 Å². The van der Waals surface area contributed by atoms with Gasteiger partial charge in [-0.25, -0.2) is 8.78 Å². The van der Waals surface area contributed by atoms with E-state index >= 15 is 0 Å². The van der Waals surface area contributed by atoms with Crippen LogP contribution < -0.4 is 4.74 Å². The van der Waals surface area contributed by atoms with Crippen molar-refractivity contribution in [3.63, 3.8) is 0 Å². The molecule has 0 bridgehead atoms. The summed E-state index contributed by atoms with van der Waals surface area (Å²) in [6.07, 6.45) is 1.57. The van der Waals surface area contributed by atoms with E-state index in [1.807, 2.05) is 24.3 Å². The summed E-state index contributed by atoms with van der Waals surface area (Å²) in [5, 5.41) is 4.03. The molecule has 1 aliphatic heterocycles. The summed E-state index contributed by atoms with van der Waals surface area (Å²) >= 11 is 0. The zero-order valence-corrected chi connectivity index (χ0v) is 16.5. The Morgan fingerprint density at radius 3 is 2.70 bits per heavy atom. The fraction of sp³-hybridized carbons (Fsp3) is 0.318. The van der Waals surface area contributed by atoms with Crippen LogP contribution in [0.1, 0.15) is 35.2 Å². The van der Waals surface area contributed by atoms with Crippen LogP contribution in [0.4, 0.5) is 8.78 Å². The number of benzene rings is 2. The molecular formula is C22H21F2N3O3. The topological polar surface area (TPSA) is 68.5 Å². The van der Waals surface area contributed by atoms with Crippen LogP contribution in [0.25, 0.3) is 0 Å². The van der Waals surface area contributed by atoms with Gasteiger partial charge in [0.15, 0.2) is 5.82 Å². The van der Waals surface area contributed by atoms with Crippen LogP contribution in [0.5, 0.6) is 5.75 Å². The lowest BCUT2D eigenvalue weighted by Crippen LogP contribution is -2.25. The van der Waals surface area contributed by atoms with Crippen LogP contribution in [-0.4, -0.2) is 34.6 Å². The van der Waals surface area contributed by atoms with Crippen LogP contribution in [0, 0.1) is 11.6 Å². The van der Waals surface area contributed by atoms with E-state index in [9.17, 15) is 13.6 Å². The Morgan fingerprint density at radius 1 is 1.17 bits per heavy atom. The lowest BCUT2D eigenvalue weighted by molar-refractivity contribution is -0.128. The van der Waals surface area contributed by atoms with Crippen LogP contribution in [0.15, 0.2) is 47.0 Å². The van der Waals surface area contributed by atoms with Crippen molar-refractivity contribution in [2.45, 2.75) is 31.7 Å². The third-order valence-corrected chi connectivity index (χ3v) is 5.23. The number of carbonyl (C=O) groups excluding carboxylic acids is 1. The van der Waals surface area contributed by atoms with E-state index in [2.05, 4.69) is 10.1 Å². The van der Waals surface area contributed by atoms with E-state index in [0.29, 0.717) is 24.7 Å². The Hall–Kier alpha value is -3.29. The molecule has 0 radical (unpaired) electrons. The van der Waals surface area contributed by atoms with Gasteiger partial charge in [-0.2, -0.15) is 4.98 Å². The molecule has 0 aliphatic carbocycles. The summed E-state index contributed by atoms with van der Waals surface area (Å²) in [6.45, 7) is 0.455. The van der Waals surface area contributed by atoms with E-state index in [-0.39, 0.29) is 30.4 Å². The number of hydrogen-bond donors (Lipinski definition) is 0. The van der Waals surface area contributed by atoms with Gasteiger partial charge in [0.05, 0.1) is 7.11 Å². The van der Waals surface area contributed by atoms with Crippen LogP contribution in [-0.2, 0) is 24.2 Å². The fourth-order valence-corrected chi connectivity index (χ4v) is 3.53. The van der Waals surface area contributed by atoms with Gasteiger partial charge in [-0.1, -0.05) is 23.4 Å². The molecule has 1 saturated heterocycles. The number of aryl methyl sites for hydroxylation is 2. The molecule has 0 N–H and O–H groups in total. The maximum atomic E-state index is 13.9. The van der Waals surface area contributed by atoms with E-state index < -0.39 is 11.6 Å². The number of aromatic nitrogens is 2. The summed E-state index contributed by atoms with van der Waals surface area (Å²) in [6, 6.07) is 11.1. The Kier molecular flexibility index (Phi) is 5.74. The van der Waals surface area contributed by atoms with Crippen molar-refractivity contribution < 1.29 is 22.8 Å². The minimum absolute atomic E-state index is 0.0869. The molecule has 4 rings (SSSR count). The van der Waals surface area contributed by atoms with Gasteiger partial charge in [-0.15, -0.1) is 0 Å². The summed E-state index contributed by atoms with van der Waals surface area (Å²) < 4.78 is 37.5. The zero-order valence-electron chi connectivity index (χ0n) is 16.5. The van der Waals surface area contributed by atoms with Crippen molar-refractivity contribution >= 4 is 5.91 Å². The Bertz CT molecular complexity index is 1040. The van der Waals surface area contributed by atoms with Crippen LogP contribution in [0.3, 0.4) is 0 Å². The third kappa shape index (κ3) is 4.48. The van der Waals surface area contributed by atoms with Crippen molar-refractivity contribution in [3.8, 4) is 5.75 Å². The zero-order chi connectivity index (χ0) is 21.1. The highest BCUT2D eigenvalue weighted by atomic mass is 19.1. The average molecular weight is 413 g/mol. The Morgan fingerprint density at radius 2 is 1.97 bits per heavy atom. The third-order valence-electron chi connectivity index (χ3n) is 5.23. The van der Waals surface area contributed by atoms with E-state index in [0.717, 1.165) is 23.8 Å². The first-order valence-electron chi connectivity index (χ1n) is 9.69. The number of rotatable bonds is 7. The summed E-state index contributed by atoms with van der Waals surface area (Å²) in [5.41, 5.74) is 1.40. The first-order valence-corrected chi connectivity index (χ1v) is 9.69. The Balaban J connectivity index is 1.35. The lowest BCUT2D eigenvalue weighted by Gasteiger charge is -2.16. The predicted octanol–water partition coefficient (Wildman–Crippen LogP) is 3.66. The monoisotopic (exact) mass is 413 g/mol. The fourth-order valence-electron chi connectivity index (χ4n) is 3.53. The molecule has 0 spiro atoms. The molecule has 1 fully saturated rings. The SMILES string of the molecule is COc1ccc(CCc2nc(C3CC(=O)N(Cc4ccc(F)cc4F)C3)no2)cc1. The van der Waals surface area contributed by atoms with E-state index in [1.54, 1.807) is 7.11 Å².